The number of allylic oxidation sites excluding steroid dienone is 1. The summed E-state index contributed by atoms with van der Waals surface area (Å²) in [5.41, 5.74) is 3.20. The van der Waals surface area contributed by atoms with Gasteiger partial charge in [-0.25, -0.2) is 14.4 Å². The van der Waals surface area contributed by atoms with Gasteiger partial charge < -0.3 is 14.6 Å². The zero-order valence-corrected chi connectivity index (χ0v) is 35.0. The number of rotatable bonds is 5. The molecule has 2 amide bonds. The number of fused-ring (bicyclic) bond motifs is 2. The van der Waals surface area contributed by atoms with Gasteiger partial charge in [0.05, 0.1) is 11.4 Å². The molecule has 0 spiro atoms. The number of carbonyl (C=O) groups excluding carboxylic acids is 3. The Morgan fingerprint density at radius 2 is 1.27 bits per heavy atom. The van der Waals surface area contributed by atoms with E-state index < -0.39 is 29.3 Å². The highest BCUT2D eigenvalue weighted by Gasteiger charge is 2.58. The van der Waals surface area contributed by atoms with Crippen molar-refractivity contribution >= 4 is 83.0 Å². The van der Waals surface area contributed by atoms with Crippen LogP contribution in [0.15, 0.2) is 68.7 Å². The summed E-state index contributed by atoms with van der Waals surface area (Å²) in [5.74, 6) is 0.168. The second kappa shape index (κ2) is 16.1. The van der Waals surface area contributed by atoms with Crippen molar-refractivity contribution in [3.05, 3.63) is 74.8 Å². The van der Waals surface area contributed by atoms with Crippen LogP contribution in [-0.4, -0.2) is 85.3 Å². The molecular formula is C39H46Br3N3O7. The Bertz CT molecular complexity index is 1730. The number of carboxylic acids is 1. The lowest BCUT2D eigenvalue weighted by Crippen LogP contribution is -2.45. The van der Waals surface area contributed by atoms with E-state index in [0.29, 0.717) is 29.6 Å². The van der Waals surface area contributed by atoms with Gasteiger partial charge in [-0.2, -0.15) is 0 Å². The van der Waals surface area contributed by atoms with Crippen molar-refractivity contribution in [3.63, 3.8) is 0 Å². The van der Waals surface area contributed by atoms with E-state index >= 15 is 0 Å². The molecule has 2 saturated carbocycles. The van der Waals surface area contributed by atoms with Crippen molar-refractivity contribution in [2.75, 3.05) is 5.33 Å². The summed E-state index contributed by atoms with van der Waals surface area (Å²) in [4.78, 5) is 54.6. The minimum atomic E-state index is -0.932. The third-order valence-electron chi connectivity index (χ3n) is 9.35. The van der Waals surface area contributed by atoms with E-state index in [4.69, 9.17) is 14.6 Å². The number of ether oxygens (including phenoxy) is 2. The van der Waals surface area contributed by atoms with Crippen molar-refractivity contribution < 1.29 is 33.8 Å². The van der Waals surface area contributed by atoms with Gasteiger partial charge in [-0.05, 0) is 114 Å². The first-order valence-corrected chi connectivity index (χ1v) is 20.2. The molecule has 3 aliphatic heterocycles. The van der Waals surface area contributed by atoms with Crippen LogP contribution < -0.4 is 0 Å². The summed E-state index contributed by atoms with van der Waals surface area (Å²) < 4.78 is 12.9. The Balaban J connectivity index is 0.000000166. The van der Waals surface area contributed by atoms with E-state index in [-0.39, 0.29) is 24.0 Å². The number of halogens is 3. The molecule has 0 bridgehead atoms. The Kier molecular flexibility index (Phi) is 12.5. The molecule has 4 fully saturated rings. The van der Waals surface area contributed by atoms with E-state index in [9.17, 15) is 19.2 Å². The molecule has 2 unspecified atom stereocenters. The number of likely N-dealkylation sites (tertiary alicyclic amines) is 2. The quantitative estimate of drug-likeness (QED) is 0.234. The Hall–Kier alpha value is -3.03. The van der Waals surface area contributed by atoms with Crippen molar-refractivity contribution in [2.24, 2.45) is 16.8 Å². The molecule has 6 atom stereocenters. The molecule has 2 aliphatic carbocycles. The number of hydrogen-bond donors (Lipinski definition) is 1. The van der Waals surface area contributed by atoms with Gasteiger partial charge in [0.15, 0.2) is 5.78 Å². The number of benzene rings is 2. The Labute approximate surface area is 330 Å². The number of carboxylic acid groups (broad SMARTS) is 1. The van der Waals surface area contributed by atoms with E-state index in [1.807, 2.05) is 56.1 Å². The minimum absolute atomic E-state index is 0.0859. The lowest BCUT2D eigenvalue weighted by molar-refractivity contribution is -0.142. The number of alkyl halides is 1. The van der Waals surface area contributed by atoms with E-state index in [1.165, 1.54) is 16.0 Å². The van der Waals surface area contributed by atoms with Crippen LogP contribution in [0.1, 0.15) is 89.6 Å². The zero-order chi connectivity index (χ0) is 38.1. The third-order valence-corrected chi connectivity index (χ3v) is 10.9. The van der Waals surface area contributed by atoms with Gasteiger partial charge >= 0.3 is 18.2 Å². The second-order valence-electron chi connectivity index (χ2n) is 15.8. The van der Waals surface area contributed by atoms with Crippen molar-refractivity contribution in [1.29, 1.82) is 0 Å². The summed E-state index contributed by atoms with van der Waals surface area (Å²) in [6.45, 7) is 11.1. The molecule has 13 heteroatoms. The van der Waals surface area contributed by atoms with Gasteiger partial charge in [-0.3, -0.25) is 19.6 Å². The number of amides is 2. The maximum Gasteiger partial charge on any atom is 0.411 e. The monoisotopic (exact) mass is 905 g/mol. The maximum absolute atomic E-state index is 12.7. The summed E-state index contributed by atoms with van der Waals surface area (Å²) >= 11 is 9.87. The molecule has 7 rings (SSSR count). The molecule has 2 aromatic carbocycles. The summed E-state index contributed by atoms with van der Waals surface area (Å²) in [6, 6.07) is 15.4. The topological polar surface area (TPSA) is 126 Å². The molecule has 3 heterocycles. The number of carbonyl (C=O) groups is 4. The van der Waals surface area contributed by atoms with Gasteiger partial charge in [-0.15, -0.1) is 0 Å². The fourth-order valence-electron chi connectivity index (χ4n) is 6.79. The molecule has 10 nitrogen and oxygen atoms in total. The van der Waals surface area contributed by atoms with Gasteiger partial charge in [0.2, 0.25) is 0 Å². The number of piperidine rings is 2. The zero-order valence-electron chi connectivity index (χ0n) is 30.3. The van der Waals surface area contributed by atoms with Gasteiger partial charge in [0.1, 0.15) is 17.2 Å². The van der Waals surface area contributed by atoms with Gasteiger partial charge in [0.25, 0.3) is 0 Å². The highest BCUT2D eigenvalue weighted by Crippen LogP contribution is 2.50. The largest absolute Gasteiger partial charge is 0.480 e. The van der Waals surface area contributed by atoms with Gasteiger partial charge in [0, 0.05) is 44.9 Å². The standard InChI is InChI=1S/C20H23BrN2O2.C11H17NO4.C8H6Br2O/c1-20(2,3)25-19(24)23-17-9-13(17)10-18(23)16-8-14(11-22-16)12-4-6-15(21)7-5-12;1-11(2,3)16-10(15)12-7-4-6(7)5-8(12)9(13)14;9-5-8(11)6-1-3-7(10)4-2-6/h4-7,11,13,17-18H,8-10H2,1-3H3;6-8H,4-5H2,1-3H3,(H,13,14);1-4H,5H2/t13-,17-,18?;6-,7-,8?;/m11./s1. The van der Waals surface area contributed by atoms with E-state index in [0.717, 1.165) is 45.9 Å². The van der Waals surface area contributed by atoms with Crippen LogP contribution in [0, 0.1) is 11.8 Å². The molecule has 2 aromatic rings. The first kappa shape index (κ1) is 40.2. The highest BCUT2D eigenvalue weighted by atomic mass is 79.9. The molecule has 1 N–H and O–H groups in total. The molecule has 280 valence electrons. The molecule has 0 aromatic heterocycles. The number of hydrogen-bond acceptors (Lipinski definition) is 7. The van der Waals surface area contributed by atoms with Crippen LogP contribution in [-0.2, 0) is 14.3 Å². The highest BCUT2D eigenvalue weighted by molar-refractivity contribution is 9.10. The molecule has 52 heavy (non-hydrogen) atoms. The molecular weight excluding hydrogens is 862 g/mol. The maximum atomic E-state index is 12.7. The van der Waals surface area contributed by atoms with Crippen LogP contribution in [0.3, 0.4) is 0 Å². The lowest BCUT2D eigenvalue weighted by Gasteiger charge is -2.30. The molecule has 5 aliphatic rings. The summed E-state index contributed by atoms with van der Waals surface area (Å²) in [7, 11) is 0. The molecule has 2 saturated heterocycles. The van der Waals surface area contributed by atoms with E-state index in [1.54, 1.807) is 32.9 Å². The number of nitrogens with zero attached hydrogens (tertiary/aromatic N) is 3. The fourth-order valence-corrected chi connectivity index (χ4v) is 7.64. The first-order valence-electron chi connectivity index (χ1n) is 17.5. The Morgan fingerprint density at radius 3 is 1.79 bits per heavy atom. The van der Waals surface area contributed by atoms with Crippen molar-refractivity contribution in [3.8, 4) is 0 Å². The number of Topliss-reactive ketones (excluding diaryl/α,β-unsaturated/α-hetero) is 1. The average molecular weight is 909 g/mol. The van der Waals surface area contributed by atoms with Crippen LogP contribution in [0.25, 0.3) is 5.57 Å². The van der Waals surface area contributed by atoms with Gasteiger partial charge in [-0.1, -0.05) is 72.1 Å². The predicted octanol–water partition coefficient (Wildman–Crippen LogP) is 9.53. The second-order valence-corrected chi connectivity index (χ2v) is 18.2. The van der Waals surface area contributed by atoms with Crippen LogP contribution in [0.4, 0.5) is 9.59 Å². The van der Waals surface area contributed by atoms with E-state index in [2.05, 4.69) is 64.9 Å². The van der Waals surface area contributed by atoms with Crippen LogP contribution in [0.5, 0.6) is 0 Å². The number of aliphatic imine (C=N–C) groups is 1. The smallest absolute Gasteiger partial charge is 0.411 e. The van der Waals surface area contributed by atoms with Crippen molar-refractivity contribution in [1.82, 2.24) is 9.80 Å². The first-order chi connectivity index (χ1) is 24.3. The SMILES string of the molecule is CC(C)(C)OC(=O)N1C(C(=O)O)C[C@H]2C[C@H]21.CC(C)(C)OC(=O)N1C(C2=NC=C(c3ccc(Br)cc3)C2)C[C@H]2C[C@H]21.O=C(CBr)c1ccc(Br)cc1. The van der Waals surface area contributed by atoms with Crippen molar-refractivity contribution in [2.45, 2.75) is 109 Å². The molecule has 0 radical (unpaired) electrons. The fraction of sp³-hybridized carbons (Fsp3) is 0.513. The Morgan fingerprint density at radius 1 is 0.769 bits per heavy atom. The number of ketones is 1. The lowest BCUT2D eigenvalue weighted by atomic mass is 9.98. The minimum Gasteiger partial charge on any atom is -0.480 e. The number of aliphatic carboxylic acids is 1. The summed E-state index contributed by atoms with van der Waals surface area (Å²) in [6.07, 6.45) is 5.69. The van der Waals surface area contributed by atoms with Crippen LogP contribution >= 0.6 is 47.8 Å². The third kappa shape index (κ3) is 10.3. The van der Waals surface area contributed by atoms with Crippen LogP contribution in [0.2, 0.25) is 0 Å². The predicted molar refractivity (Wildman–Crippen MR) is 211 cm³/mol. The normalized spacial score (nSPS) is 25.2. The summed E-state index contributed by atoms with van der Waals surface area (Å²) in [5, 5.41) is 9.40. The average Bonchev–Trinajstić information content (AvgIpc) is 3.81.